The number of hydrogen-bond donors (Lipinski definition) is 3. The number of halogens is 1. The van der Waals surface area contributed by atoms with Gasteiger partial charge in [0.25, 0.3) is 0 Å². The molecule has 2 saturated heterocycles. The number of rotatable bonds is 4. The minimum atomic E-state index is 0. The van der Waals surface area contributed by atoms with Crippen LogP contribution in [0.2, 0.25) is 0 Å². The number of anilines is 1. The number of carbonyl (C=O) groups excluding carboxylic acids is 1. The van der Waals surface area contributed by atoms with Crippen LogP contribution in [-0.2, 0) is 4.79 Å². The van der Waals surface area contributed by atoms with E-state index in [1.165, 1.54) is 19.4 Å². The number of likely N-dealkylation sites (tertiary alicyclic amines) is 1. The number of nitrogens with one attached hydrogen (secondary N) is 2. The van der Waals surface area contributed by atoms with Gasteiger partial charge in [0.05, 0.1) is 0 Å². The smallest absolute Gasteiger partial charge is 0.227 e. The summed E-state index contributed by atoms with van der Waals surface area (Å²) in [6.07, 6.45) is 4.44. The first-order valence-electron chi connectivity index (χ1n) is 8.73. The van der Waals surface area contributed by atoms with E-state index in [0.717, 1.165) is 50.6 Å². The monoisotopic (exact) mass is 353 g/mol. The van der Waals surface area contributed by atoms with E-state index in [-0.39, 0.29) is 30.0 Å². The standard InChI is InChI=1S/C18H27N3O2.ClH/c22-17-3-1-16(2-4-17)20-18(23)15-7-11-21(12-8-15)13-14-5-9-19-10-6-14;/h1-4,14-15,19,22H,5-13H2,(H,20,23);1H. The molecular formula is C18H28ClN3O2. The zero-order valence-corrected chi connectivity index (χ0v) is 14.9. The van der Waals surface area contributed by atoms with Gasteiger partial charge in [-0.05, 0) is 82.0 Å². The maximum absolute atomic E-state index is 12.3. The third kappa shape index (κ3) is 5.36. The third-order valence-electron chi connectivity index (χ3n) is 5.07. The van der Waals surface area contributed by atoms with Gasteiger partial charge in [0.2, 0.25) is 5.91 Å². The van der Waals surface area contributed by atoms with Gasteiger partial charge in [-0.3, -0.25) is 4.79 Å². The van der Waals surface area contributed by atoms with Crippen LogP contribution in [0.4, 0.5) is 5.69 Å². The highest BCUT2D eigenvalue weighted by Gasteiger charge is 2.26. The fraction of sp³-hybridized carbons (Fsp3) is 0.611. The Morgan fingerprint density at radius 2 is 1.75 bits per heavy atom. The first-order chi connectivity index (χ1) is 11.2. The Kier molecular flexibility index (Phi) is 7.34. The van der Waals surface area contributed by atoms with E-state index in [9.17, 15) is 9.90 Å². The van der Waals surface area contributed by atoms with Crippen molar-refractivity contribution in [2.24, 2.45) is 11.8 Å². The number of piperidine rings is 2. The molecule has 0 aliphatic carbocycles. The number of nitrogens with zero attached hydrogens (tertiary/aromatic N) is 1. The van der Waals surface area contributed by atoms with Crippen LogP contribution >= 0.6 is 12.4 Å². The molecule has 2 aliphatic heterocycles. The number of phenols is 1. The van der Waals surface area contributed by atoms with Gasteiger partial charge in [-0.1, -0.05) is 0 Å². The summed E-state index contributed by atoms with van der Waals surface area (Å²) in [5.41, 5.74) is 0.755. The molecule has 3 rings (SSSR count). The Morgan fingerprint density at radius 3 is 2.38 bits per heavy atom. The first kappa shape index (κ1) is 19.0. The summed E-state index contributed by atoms with van der Waals surface area (Å²) in [6, 6.07) is 6.66. The summed E-state index contributed by atoms with van der Waals surface area (Å²) in [7, 11) is 0. The highest BCUT2D eigenvalue weighted by atomic mass is 35.5. The van der Waals surface area contributed by atoms with Crippen LogP contribution in [0.3, 0.4) is 0 Å². The summed E-state index contributed by atoms with van der Waals surface area (Å²) < 4.78 is 0. The molecular weight excluding hydrogens is 326 g/mol. The number of hydrogen-bond acceptors (Lipinski definition) is 4. The maximum Gasteiger partial charge on any atom is 0.227 e. The quantitative estimate of drug-likeness (QED) is 0.727. The van der Waals surface area contributed by atoms with Gasteiger partial charge in [0, 0.05) is 18.2 Å². The minimum Gasteiger partial charge on any atom is -0.508 e. The lowest BCUT2D eigenvalue weighted by Crippen LogP contribution is -2.42. The van der Waals surface area contributed by atoms with Gasteiger partial charge < -0.3 is 20.6 Å². The van der Waals surface area contributed by atoms with Gasteiger partial charge in [0.1, 0.15) is 5.75 Å². The maximum atomic E-state index is 12.3. The highest BCUT2D eigenvalue weighted by molar-refractivity contribution is 5.92. The molecule has 1 aromatic rings. The lowest BCUT2D eigenvalue weighted by atomic mass is 9.93. The van der Waals surface area contributed by atoms with Crippen molar-refractivity contribution in [3.8, 4) is 5.75 Å². The number of phenolic OH excluding ortho intramolecular Hbond substituents is 1. The van der Waals surface area contributed by atoms with E-state index in [1.54, 1.807) is 24.3 Å². The van der Waals surface area contributed by atoms with Crippen LogP contribution in [0.1, 0.15) is 25.7 Å². The fourth-order valence-corrected chi connectivity index (χ4v) is 3.60. The van der Waals surface area contributed by atoms with Gasteiger partial charge in [-0.15, -0.1) is 12.4 Å². The molecule has 0 bridgehead atoms. The Balaban J connectivity index is 0.00000208. The Bertz CT molecular complexity index is 510. The van der Waals surface area contributed by atoms with E-state index in [0.29, 0.717) is 0 Å². The number of carbonyl (C=O) groups is 1. The summed E-state index contributed by atoms with van der Waals surface area (Å²) in [5.74, 6) is 1.25. The second kappa shape index (κ2) is 9.25. The molecule has 5 nitrogen and oxygen atoms in total. The number of benzene rings is 1. The van der Waals surface area contributed by atoms with Crippen LogP contribution in [0.5, 0.6) is 5.75 Å². The van der Waals surface area contributed by atoms with Gasteiger partial charge in [0.15, 0.2) is 0 Å². The Hall–Kier alpha value is -1.30. The van der Waals surface area contributed by atoms with Crippen molar-refractivity contribution < 1.29 is 9.90 Å². The summed E-state index contributed by atoms with van der Waals surface area (Å²) in [6.45, 7) is 5.54. The zero-order valence-electron chi connectivity index (χ0n) is 14.0. The summed E-state index contributed by atoms with van der Waals surface area (Å²) >= 11 is 0. The van der Waals surface area contributed by atoms with Crippen molar-refractivity contribution >= 4 is 24.0 Å². The lowest BCUT2D eigenvalue weighted by molar-refractivity contribution is -0.121. The largest absolute Gasteiger partial charge is 0.508 e. The van der Waals surface area contributed by atoms with Crippen molar-refractivity contribution in [1.82, 2.24) is 10.2 Å². The molecule has 0 saturated carbocycles. The van der Waals surface area contributed by atoms with Crippen molar-refractivity contribution in [3.63, 3.8) is 0 Å². The van der Waals surface area contributed by atoms with Gasteiger partial charge in [-0.2, -0.15) is 0 Å². The van der Waals surface area contributed by atoms with Crippen LogP contribution in [0.15, 0.2) is 24.3 Å². The molecule has 24 heavy (non-hydrogen) atoms. The van der Waals surface area contributed by atoms with Crippen LogP contribution < -0.4 is 10.6 Å². The van der Waals surface area contributed by atoms with E-state index >= 15 is 0 Å². The molecule has 0 radical (unpaired) electrons. The van der Waals surface area contributed by atoms with E-state index in [4.69, 9.17) is 0 Å². The van der Waals surface area contributed by atoms with Crippen LogP contribution in [-0.4, -0.2) is 48.6 Å². The van der Waals surface area contributed by atoms with Crippen molar-refractivity contribution in [3.05, 3.63) is 24.3 Å². The Labute approximate surface area is 150 Å². The predicted octanol–water partition coefficient (Wildman–Crippen LogP) is 2.46. The van der Waals surface area contributed by atoms with Crippen molar-refractivity contribution in [1.29, 1.82) is 0 Å². The molecule has 2 fully saturated rings. The molecule has 1 aromatic carbocycles. The number of aromatic hydroxyl groups is 1. The molecule has 0 unspecified atom stereocenters. The average molecular weight is 354 g/mol. The number of amides is 1. The zero-order chi connectivity index (χ0) is 16.1. The molecule has 0 atom stereocenters. The van der Waals surface area contributed by atoms with E-state index in [1.807, 2.05) is 0 Å². The predicted molar refractivity (Wildman–Crippen MR) is 98.7 cm³/mol. The molecule has 134 valence electrons. The average Bonchev–Trinajstić information content (AvgIpc) is 2.58. The van der Waals surface area contributed by atoms with Crippen LogP contribution in [0.25, 0.3) is 0 Å². The summed E-state index contributed by atoms with van der Waals surface area (Å²) in [5, 5.41) is 15.7. The highest BCUT2D eigenvalue weighted by Crippen LogP contribution is 2.22. The SMILES string of the molecule is Cl.O=C(Nc1ccc(O)cc1)C1CCN(CC2CCNCC2)CC1. The van der Waals surface area contributed by atoms with E-state index in [2.05, 4.69) is 15.5 Å². The molecule has 0 aromatic heterocycles. The fourth-order valence-electron chi connectivity index (χ4n) is 3.60. The van der Waals surface area contributed by atoms with Gasteiger partial charge >= 0.3 is 0 Å². The molecule has 3 N–H and O–H groups in total. The molecule has 2 aliphatic rings. The second-order valence-corrected chi connectivity index (χ2v) is 6.80. The molecule has 1 amide bonds. The van der Waals surface area contributed by atoms with Gasteiger partial charge in [-0.25, -0.2) is 0 Å². The Morgan fingerprint density at radius 1 is 1.12 bits per heavy atom. The van der Waals surface area contributed by atoms with Crippen molar-refractivity contribution in [2.45, 2.75) is 25.7 Å². The first-order valence-corrected chi connectivity index (χ1v) is 8.73. The topological polar surface area (TPSA) is 64.6 Å². The van der Waals surface area contributed by atoms with Crippen molar-refractivity contribution in [2.75, 3.05) is 38.0 Å². The van der Waals surface area contributed by atoms with Crippen LogP contribution in [0, 0.1) is 11.8 Å². The lowest BCUT2D eigenvalue weighted by Gasteiger charge is -2.35. The second-order valence-electron chi connectivity index (χ2n) is 6.80. The minimum absolute atomic E-state index is 0. The van der Waals surface area contributed by atoms with E-state index < -0.39 is 0 Å². The molecule has 2 heterocycles. The molecule has 0 spiro atoms. The normalized spacial score (nSPS) is 20.3. The third-order valence-corrected chi connectivity index (χ3v) is 5.07. The summed E-state index contributed by atoms with van der Waals surface area (Å²) in [4.78, 5) is 14.9. The molecule has 6 heteroatoms.